The molecule has 2 heterocycles. The number of hydrogen-bond acceptors (Lipinski definition) is 4. The molecule has 4 nitrogen and oxygen atoms in total. The van der Waals surface area contributed by atoms with Crippen molar-refractivity contribution in [2.45, 2.75) is 51.4 Å². The second kappa shape index (κ2) is 6.53. The summed E-state index contributed by atoms with van der Waals surface area (Å²) in [7, 11) is 0. The Hall–Kier alpha value is -1.16. The molecule has 0 unspecified atom stereocenters. The van der Waals surface area contributed by atoms with Gasteiger partial charge in [-0.3, -0.25) is 0 Å². The molecule has 3 rings (SSSR count). The van der Waals surface area contributed by atoms with Gasteiger partial charge in [0.15, 0.2) is 0 Å². The average molecular weight is 274 g/mol. The summed E-state index contributed by atoms with van der Waals surface area (Å²) in [5.41, 5.74) is 8.44. The monoisotopic (exact) mass is 274 g/mol. The van der Waals surface area contributed by atoms with Gasteiger partial charge in [-0.2, -0.15) is 0 Å². The third kappa shape index (κ3) is 3.11. The number of nitrogens with zero attached hydrogens (tertiary/aromatic N) is 3. The van der Waals surface area contributed by atoms with Gasteiger partial charge < -0.3 is 10.6 Å². The van der Waals surface area contributed by atoms with Crippen LogP contribution in [0.15, 0.2) is 6.20 Å². The zero-order chi connectivity index (χ0) is 13.8. The molecular weight excluding hydrogens is 248 g/mol. The van der Waals surface area contributed by atoms with E-state index in [1.54, 1.807) is 0 Å². The van der Waals surface area contributed by atoms with E-state index in [1.807, 2.05) is 0 Å². The van der Waals surface area contributed by atoms with E-state index >= 15 is 0 Å². The third-order valence-electron chi connectivity index (χ3n) is 4.78. The highest BCUT2D eigenvalue weighted by Crippen LogP contribution is 2.23. The van der Waals surface area contributed by atoms with Crippen molar-refractivity contribution in [1.82, 2.24) is 9.97 Å². The highest BCUT2D eigenvalue weighted by molar-refractivity contribution is 5.34. The zero-order valence-corrected chi connectivity index (χ0v) is 12.4. The predicted molar refractivity (Wildman–Crippen MR) is 81.9 cm³/mol. The lowest BCUT2D eigenvalue weighted by atomic mass is 9.97. The van der Waals surface area contributed by atoms with Crippen LogP contribution in [0, 0.1) is 5.92 Å². The van der Waals surface area contributed by atoms with Crippen LogP contribution in [-0.2, 0) is 12.8 Å². The highest BCUT2D eigenvalue weighted by atomic mass is 15.3. The minimum Gasteiger partial charge on any atom is -0.341 e. The average Bonchev–Trinajstić information content (AvgIpc) is 2.48. The van der Waals surface area contributed by atoms with Gasteiger partial charge in [0, 0.05) is 25.0 Å². The van der Waals surface area contributed by atoms with Gasteiger partial charge in [-0.15, -0.1) is 0 Å². The molecule has 1 fully saturated rings. The first-order valence-electron chi connectivity index (χ1n) is 8.16. The molecular formula is C16H26N4. The number of rotatable bonds is 2. The van der Waals surface area contributed by atoms with E-state index in [9.17, 15) is 0 Å². The van der Waals surface area contributed by atoms with Crippen molar-refractivity contribution in [3.05, 3.63) is 17.5 Å². The maximum atomic E-state index is 5.76. The topological polar surface area (TPSA) is 55.0 Å². The Morgan fingerprint density at radius 2 is 1.85 bits per heavy atom. The molecule has 1 aliphatic carbocycles. The van der Waals surface area contributed by atoms with Gasteiger partial charge in [0.25, 0.3) is 0 Å². The first kappa shape index (κ1) is 13.8. The number of anilines is 1. The molecule has 0 atom stereocenters. The Labute approximate surface area is 121 Å². The minimum atomic E-state index is 0.690. The molecule has 2 aliphatic rings. The molecule has 20 heavy (non-hydrogen) atoms. The van der Waals surface area contributed by atoms with Gasteiger partial charge in [0.05, 0.1) is 0 Å². The van der Waals surface area contributed by atoms with E-state index < -0.39 is 0 Å². The molecule has 1 aromatic rings. The van der Waals surface area contributed by atoms with Gasteiger partial charge in [-0.05, 0) is 56.6 Å². The molecule has 0 radical (unpaired) electrons. The molecule has 1 aliphatic heterocycles. The lowest BCUT2D eigenvalue weighted by Crippen LogP contribution is -2.37. The summed E-state index contributed by atoms with van der Waals surface area (Å²) in [6.45, 7) is 2.93. The van der Waals surface area contributed by atoms with Gasteiger partial charge in [0.1, 0.15) is 0 Å². The number of piperidine rings is 1. The van der Waals surface area contributed by atoms with Gasteiger partial charge in [-0.25, -0.2) is 9.97 Å². The van der Waals surface area contributed by atoms with Crippen molar-refractivity contribution in [3.8, 4) is 0 Å². The summed E-state index contributed by atoms with van der Waals surface area (Å²) >= 11 is 0. The van der Waals surface area contributed by atoms with Crippen LogP contribution < -0.4 is 10.6 Å². The second-order valence-corrected chi connectivity index (χ2v) is 6.22. The fraction of sp³-hybridized carbons (Fsp3) is 0.750. The predicted octanol–water partition coefficient (Wildman–Crippen LogP) is 2.31. The largest absolute Gasteiger partial charge is 0.341 e. The van der Waals surface area contributed by atoms with Crippen LogP contribution in [0.2, 0.25) is 0 Å². The van der Waals surface area contributed by atoms with Crippen LogP contribution in [0.4, 0.5) is 5.95 Å². The fourth-order valence-electron chi connectivity index (χ4n) is 3.34. The van der Waals surface area contributed by atoms with E-state index in [0.717, 1.165) is 38.4 Å². The summed E-state index contributed by atoms with van der Waals surface area (Å²) in [6, 6.07) is 0. The Morgan fingerprint density at radius 1 is 1.10 bits per heavy atom. The van der Waals surface area contributed by atoms with Gasteiger partial charge in [-0.1, -0.05) is 12.8 Å². The molecule has 4 heteroatoms. The molecule has 1 aromatic heterocycles. The summed E-state index contributed by atoms with van der Waals surface area (Å²) in [5, 5.41) is 0. The molecule has 1 saturated heterocycles. The Bertz CT molecular complexity index is 438. The Kier molecular flexibility index (Phi) is 4.51. The summed E-state index contributed by atoms with van der Waals surface area (Å²) in [5.74, 6) is 1.63. The second-order valence-electron chi connectivity index (χ2n) is 6.22. The van der Waals surface area contributed by atoms with E-state index in [0.29, 0.717) is 5.92 Å². The van der Waals surface area contributed by atoms with Crippen molar-refractivity contribution in [1.29, 1.82) is 0 Å². The Balaban J connectivity index is 1.72. The van der Waals surface area contributed by atoms with Crippen LogP contribution in [0.25, 0.3) is 0 Å². The lowest BCUT2D eigenvalue weighted by molar-refractivity contribution is 0.411. The van der Waals surface area contributed by atoms with E-state index in [1.165, 1.54) is 49.8 Å². The van der Waals surface area contributed by atoms with Crippen molar-refractivity contribution in [2.75, 3.05) is 24.5 Å². The van der Waals surface area contributed by atoms with Crippen LogP contribution in [-0.4, -0.2) is 29.6 Å². The first-order valence-corrected chi connectivity index (χ1v) is 8.16. The number of fused-ring (bicyclic) bond motifs is 1. The van der Waals surface area contributed by atoms with Crippen molar-refractivity contribution >= 4 is 5.95 Å². The number of aryl methyl sites for hydroxylation is 2. The maximum Gasteiger partial charge on any atom is 0.225 e. The Morgan fingerprint density at radius 3 is 2.60 bits per heavy atom. The van der Waals surface area contributed by atoms with Gasteiger partial charge >= 0.3 is 0 Å². The van der Waals surface area contributed by atoms with Crippen LogP contribution in [0.3, 0.4) is 0 Å². The van der Waals surface area contributed by atoms with E-state index in [4.69, 9.17) is 10.7 Å². The maximum absolute atomic E-state index is 5.76. The SMILES string of the molecule is NCC1CCN(c2ncc3c(n2)CCCCCC3)CC1. The lowest BCUT2D eigenvalue weighted by Gasteiger charge is -2.31. The number of nitrogens with two attached hydrogens (primary N) is 1. The normalized spacial score (nSPS) is 21.1. The van der Waals surface area contributed by atoms with Crippen molar-refractivity contribution < 1.29 is 0 Å². The van der Waals surface area contributed by atoms with Crippen molar-refractivity contribution in [2.24, 2.45) is 11.7 Å². The fourth-order valence-corrected chi connectivity index (χ4v) is 3.34. The zero-order valence-electron chi connectivity index (χ0n) is 12.4. The molecule has 110 valence electrons. The number of aromatic nitrogens is 2. The summed E-state index contributed by atoms with van der Waals surface area (Å²) in [6.07, 6.45) is 12.0. The standard InChI is InChI=1S/C16H26N4/c17-11-13-7-9-20(10-8-13)16-18-12-14-5-3-1-2-4-6-15(14)19-16/h12-13H,1-11,17H2. The van der Waals surface area contributed by atoms with Gasteiger partial charge in [0.2, 0.25) is 5.95 Å². The minimum absolute atomic E-state index is 0.690. The third-order valence-corrected chi connectivity index (χ3v) is 4.78. The van der Waals surface area contributed by atoms with Crippen LogP contribution in [0.1, 0.15) is 49.8 Å². The van der Waals surface area contributed by atoms with Crippen LogP contribution >= 0.6 is 0 Å². The van der Waals surface area contributed by atoms with Crippen LogP contribution in [0.5, 0.6) is 0 Å². The smallest absolute Gasteiger partial charge is 0.225 e. The molecule has 2 N–H and O–H groups in total. The molecule has 0 spiro atoms. The molecule has 0 bridgehead atoms. The quantitative estimate of drug-likeness (QED) is 0.899. The van der Waals surface area contributed by atoms with Crippen molar-refractivity contribution in [3.63, 3.8) is 0 Å². The summed E-state index contributed by atoms with van der Waals surface area (Å²) in [4.78, 5) is 11.8. The molecule has 0 aromatic carbocycles. The summed E-state index contributed by atoms with van der Waals surface area (Å²) < 4.78 is 0. The highest BCUT2D eigenvalue weighted by Gasteiger charge is 2.21. The number of hydrogen-bond donors (Lipinski definition) is 1. The van der Waals surface area contributed by atoms with E-state index in [-0.39, 0.29) is 0 Å². The molecule has 0 saturated carbocycles. The first-order chi connectivity index (χ1) is 9.86. The molecule has 0 amide bonds. The van der Waals surface area contributed by atoms with E-state index in [2.05, 4.69) is 16.1 Å².